The van der Waals surface area contributed by atoms with Crippen LogP contribution in [0.5, 0.6) is 11.5 Å². The molecule has 13 nitrogen and oxygen atoms in total. The summed E-state index contributed by atoms with van der Waals surface area (Å²) in [6.45, 7) is 10.6. The molecule has 0 radical (unpaired) electrons. The van der Waals surface area contributed by atoms with Gasteiger partial charge in [0.1, 0.15) is 11.9 Å². The fourth-order valence-corrected chi connectivity index (χ4v) is 7.90. The van der Waals surface area contributed by atoms with Crippen LogP contribution >= 0.6 is 0 Å². The van der Waals surface area contributed by atoms with Crippen LogP contribution in [0, 0.1) is 5.92 Å². The molecule has 14 heteroatoms. The number of nitrogen functional groups attached to an aromatic ring is 1. The second-order valence-electron chi connectivity index (χ2n) is 13.4. The van der Waals surface area contributed by atoms with Crippen molar-refractivity contribution >= 4 is 55.6 Å². The van der Waals surface area contributed by atoms with Gasteiger partial charge in [-0.1, -0.05) is 6.07 Å². The lowest BCUT2D eigenvalue weighted by molar-refractivity contribution is -0.147. The molecule has 4 N–H and O–H groups in total. The number of ether oxygens (including phenoxy) is 3. The predicted molar refractivity (Wildman–Crippen MR) is 204 cm³/mol. The molecule has 2 amide bonds. The predicted octanol–water partition coefficient (Wildman–Crippen LogP) is 6.06. The van der Waals surface area contributed by atoms with E-state index in [0.717, 1.165) is 10.8 Å². The van der Waals surface area contributed by atoms with E-state index >= 15 is 4.79 Å². The molecule has 1 aliphatic rings. The monoisotopic (exact) mass is 745 g/mol. The number of likely N-dealkylation sites (tertiary alicyclic amines) is 1. The summed E-state index contributed by atoms with van der Waals surface area (Å²) in [5.41, 5.74) is 7.77. The number of fused-ring (bicyclic) bond motifs is 1. The Morgan fingerprint density at radius 1 is 0.981 bits per heavy atom. The van der Waals surface area contributed by atoms with E-state index in [-0.39, 0.29) is 35.4 Å². The van der Waals surface area contributed by atoms with Crippen LogP contribution < -0.4 is 25.8 Å². The highest BCUT2D eigenvalue weighted by Crippen LogP contribution is 2.44. The molecular formula is C39H47N5O8S. The van der Waals surface area contributed by atoms with Gasteiger partial charge in [-0.3, -0.25) is 14.4 Å². The minimum absolute atomic E-state index is 0.0424. The summed E-state index contributed by atoms with van der Waals surface area (Å²) >= 11 is 0. The number of nitrogens with one attached hydrogen (secondary N) is 2. The van der Waals surface area contributed by atoms with Crippen LogP contribution in [0.4, 0.5) is 17.2 Å². The maximum Gasteiger partial charge on any atom is 0.311 e. The number of carbonyl (C=O) groups is 3. The number of nitrogens with zero attached hydrogens (tertiary/aromatic N) is 2. The highest BCUT2D eigenvalue weighted by atomic mass is 32.2. The van der Waals surface area contributed by atoms with Crippen LogP contribution in [0.15, 0.2) is 71.8 Å². The van der Waals surface area contributed by atoms with Gasteiger partial charge in [0, 0.05) is 36.4 Å². The van der Waals surface area contributed by atoms with E-state index in [1.165, 1.54) is 37.1 Å². The first-order chi connectivity index (χ1) is 25.2. The zero-order valence-electron chi connectivity index (χ0n) is 31.0. The molecule has 0 spiro atoms. The van der Waals surface area contributed by atoms with Crippen molar-refractivity contribution in [3.8, 4) is 11.5 Å². The van der Waals surface area contributed by atoms with Gasteiger partial charge >= 0.3 is 5.97 Å². The first kappa shape index (κ1) is 38.9. The average molecular weight is 746 g/mol. The molecule has 1 fully saturated rings. The molecule has 3 atom stereocenters. The van der Waals surface area contributed by atoms with E-state index in [2.05, 4.69) is 15.6 Å². The summed E-state index contributed by atoms with van der Waals surface area (Å²) in [5.74, 6) is -0.994. The van der Waals surface area contributed by atoms with Gasteiger partial charge in [-0.15, -0.1) is 0 Å². The molecule has 5 rings (SSSR count). The molecule has 1 unspecified atom stereocenters. The molecule has 0 saturated carbocycles. The van der Waals surface area contributed by atoms with E-state index in [0.29, 0.717) is 40.9 Å². The van der Waals surface area contributed by atoms with Crippen molar-refractivity contribution in [3.63, 3.8) is 0 Å². The summed E-state index contributed by atoms with van der Waals surface area (Å²) < 4.78 is 44.9. The third kappa shape index (κ3) is 8.32. The Morgan fingerprint density at radius 2 is 1.72 bits per heavy atom. The molecule has 282 valence electrons. The highest BCUT2D eigenvalue weighted by molar-refractivity contribution is 7.92. The Kier molecular flexibility index (Phi) is 11.8. The van der Waals surface area contributed by atoms with Crippen LogP contribution in [0.2, 0.25) is 0 Å². The quantitative estimate of drug-likeness (QED) is 0.136. The molecule has 1 aromatic heterocycles. The van der Waals surface area contributed by atoms with Crippen molar-refractivity contribution in [1.82, 2.24) is 9.88 Å². The molecule has 3 aromatic carbocycles. The first-order valence-corrected chi connectivity index (χ1v) is 19.1. The number of nitrogens with two attached hydrogens (primary N) is 1. The topological polar surface area (TPSA) is 179 Å². The van der Waals surface area contributed by atoms with Gasteiger partial charge in [-0.25, -0.2) is 13.4 Å². The number of anilines is 3. The molecule has 53 heavy (non-hydrogen) atoms. The molecule has 0 bridgehead atoms. The maximum absolute atomic E-state index is 15.2. The van der Waals surface area contributed by atoms with Crippen molar-refractivity contribution < 1.29 is 37.0 Å². The van der Waals surface area contributed by atoms with Crippen LogP contribution in [0.25, 0.3) is 10.8 Å². The van der Waals surface area contributed by atoms with Crippen LogP contribution in [0.1, 0.15) is 71.2 Å². The number of rotatable bonds is 13. The van der Waals surface area contributed by atoms with Crippen molar-refractivity contribution in [3.05, 3.63) is 78.0 Å². The number of aromatic nitrogens is 1. The fraction of sp³-hybridized carbons (Fsp3) is 0.385. The number of sulfone groups is 1. The SMILES string of the molecule is CCOc1cc(C(Nc2ccc3c(N)nccc3c2)C(=O)N2CC[C@H](C(=O)OC)[C@@H]2c2cc(NC(C)=O)ccc2S(=O)(=O)C(C)C)ccc1OC(C)C. The Bertz CT molecular complexity index is 2120. The number of hydrogen-bond acceptors (Lipinski definition) is 11. The Hall–Kier alpha value is -5.37. The fourth-order valence-electron chi connectivity index (χ4n) is 6.63. The third-order valence-electron chi connectivity index (χ3n) is 9.08. The molecule has 2 heterocycles. The molecule has 4 aromatic rings. The van der Waals surface area contributed by atoms with Crippen LogP contribution in [-0.4, -0.2) is 67.7 Å². The molecule has 0 aliphatic carbocycles. The summed E-state index contributed by atoms with van der Waals surface area (Å²) in [6, 6.07) is 14.9. The zero-order valence-corrected chi connectivity index (χ0v) is 31.8. The van der Waals surface area contributed by atoms with Crippen molar-refractivity contribution in [2.45, 2.75) is 76.3 Å². The van der Waals surface area contributed by atoms with Gasteiger partial charge < -0.3 is 35.5 Å². The number of pyridine rings is 1. The highest BCUT2D eigenvalue weighted by Gasteiger charge is 2.46. The summed E-state index contributed by atoms with van der Waals surface area (Å²) in [6.07, 6.45) is 1.67. The number of amides is 2. The number of carbonyl (C=O) groups excluding carboxylic acids is 3. The Morgan fingerprint density at radius 3 is 2.38 bits per heavy atom. The van der Waals surface area contributed by atoms with Crippen molar-refractivity contribution in [2.24, 2.45) is 5.92 Å². The van der Waals surface area contributed by atoms with Gasteiger partial charge in [0.05, 0.1) is 41.9 Å². The van der Waals surface area contributed by atoms with Gasteiger partial charge in [0.25, 0.3) is 0 Å². The van der Waals surface area contributed by atoms with Crippen molar-refractivity contribution in [1.29, 1.82) is 0 Å². The maximum atomic E-state index is 15.2. The lowest BCUT2D eigenvalue weighted by Gasteiger charge is -2.33. The second-order valence-corrected chi connectivity index (χ2v) is 15.9. The van der Waals surface area contributed by atoms with Gasteiger partial charge in [-0.05, 0) is 112 Å². The minimum Gasteiger partial charge on any atom is -0.490 e. The third-order valence-corrected chi connectivity index (χ3v) is 11.3. The lowest BCUT2D eigenvalue weighted by Crippen LogP contribution is -2.40. The number of benzene rings is 3. The smallest absolute Gasteiger partial charge is 0.311 e. The summed E-state index contributed by atoms with van der Waals surface area (Å²) in [7, 11) is -2.68. The largest absolute Gasteiger partial charge is 0.490 e. The second kappa shape index (κ2) is 16.1. The lowest BCUT2D eigenvalue weighted by atomic mass is 9.92. The number of hydrogen-bond donors (Lipinski definition) is 3. The Balaban J connectivity index is 1.70. The van der Waals surface area contributed by atoms with E-state index in [9.17, 15) is 18.0 Å². The van der Waals surface area contributed by atoms with Crippen LogP contribution in [-0.2, 0) is 29.0 Å². The zero-order chi connectivity index (χ0) is 38.6. The van der Waals surface area contributed by atoms with Gasteiger partial charge in [-0.2, -0.15) is 0 Å². The Labute approximate surface area is 310 Å². The molecule has 1 saturated heterocycles. The normalized spacial score (nSPS) is 16.4. The molecule has 1 aliphatic heterocycles. The first-order valence-electron chi connectivity index (χ1n) is 17.5. The van der Waals surface area contributed by atoms with E-state index in [4.69, 9.17) is 19.9 Å². The number of methoxy groups -OCH3 is 1. The summed E-state index contributed by atoms with van der Waals surface area (Å²) in [4.78, 5) is 46.3. The molecular weight excluding hydrogens is 699 g/mol. The van der Waals surface area contributed by atoms with E-state index in [1.807, 2.05) is 39.0 Å². The average Bonchev–Trinajstić information content (AvgIpc) is 3.55. The van der Waals surface area contributed by atoms with Crippen LogP contribution in [0.3, 0.4) is 0 Å². The summed E-state index contributed by atoms with van der Waals surface area (Å²) in [5, 5.41) is 6.84. The number of esters is 1. The van der Waals surface area contributed by atoms with Gasteiger partial charge in [0.15, 0.2) is 21.3 Å². The standard InChI is InChI=1S/C39H47N5O8S/c1-8-51-33-20-26(9-13-32(33)52-22(2)3)35(43-27-10-12-29-25(19-27)15-17-41-37(29)40)38(46)44-18-16-30(39(47)50-7)36(44)31-21-28(42-24(6)45)11-14-34(31)53(48,49)23(4)5/h9-15,17,19-23,30,35-36,43H,8,16,18H2,1-7H3,(H2,40,41)(H,42,45)/t30-,35?,36+/m0/s1. The van der Waals surface area contributed by atoms with E-state index in [1.54, 1.807) is 44.3 Å². The minimum atomic E-state index is -3.93. The van der Waals surface area contributed by atoms with E-state index < -0.39 is 45.0 Å². The van der Waals surface area contributed by atoms with Gasteiger partial charge in [0.2, 0.25) is 11.8 Å². The van der Waals surface area contributed by atoms with Crippen molar-refractivity contribution in [2.75, 3.05) is 36.6 Å².